The van der Waals surface area contributed by atoms with Crippen LogP contribution in [0.5, 0.6) is 0 Å². The largest absolute Gasteiger partial charge is 0.416 e. The molecule has 0 bridgehead atoms. The summed E-state index contributed by atoms with van der Waals surface area (Å²) in [6.07, 6.45) is -5.35. The molecule has 7 heteroatoms. The van der Waals surface area contributed by atoms with Crippen LogP contribution in [0, 0.1) is 6.92 Å². The lowest BCUT2D eigenvalue weighted by molar-refractivity contribution is -0.138. The van der Waals surface area contributed by atoms with E-state index in [1.807, 2.05) is 0 Å². The Bertz CT molecular complexity index is 457. The zero-order valence-corrected chi connectivity index (χ0v) is 10.5. The average Bonchev–Trinajstić information content (AvgIpc) is 2.31. The van der Waals surface area contributed by atoms with Crippen LogP contribution < -0.4 is 11.1 Å². The van der Waals surface area contributed by atoms with Gasteiger partial charge in [0, 0.05) is 19.3 Å². The number of nitrogens with one attached hydrogen (secondary N) is 1. The fraction of sp³-hybridized carbons (Fsp3) is 0.417. The molecule has 1 atom stereocenters. The topological polar surface area (TPSA) is 64.3 Å². The molecular formula is C12H15F3N2O2. The van der Waals surface area contributed by atoms with Crippen LogP contribution in [0.1, 0.15) is 11.1 Å². The van der Waals surface area contributed by atoms with Gasteiger partial charge < -0.3 is 15.8 Å². The lowest BCUT2D eigenvalue weighted by Crippen LogP contribution is -2.35. The lowest BCUT2D eigenvalue weighted by Gasteiger charge is -2.15. The third-order valence-electron chi connectivity index (χ3n) is 2.60. The summed E-state index contributed by atoms with van der Waals surface area (Å²) in [5, 5.41) is 2.34. The van der Waals surface area contributed by atoms with Crippen molar-refractivity contribution >= 4 is 11.6 Å². The van der Waals surface area contributed by atoms with Gasteiger partial charge in [-0.05, 0) is 24.6 Å². The molecule has 0 saturated carbocycles. The van der Waals surface area contributed by atoms with E-state index in [2.05, 4.69) is 5.32 Å². The summed E-state index contributed by atoms with van der Waals surface area (Å²) in [5.74, 6) is -0.582. The van der Waals surface area contributed by atoms with Gasteiger partial charge in [-0.1, -0.05) is 6.07 Å². The second-order valence-corrected chi connectivity index (χ2v) is 3.98. The second kappa shape index (κ2) is 6.03. The Hall–Kier alpha value is -1.60. The summed E-state index contributed by atoms with van der Waals surface area (Å²) >= 11 is 0. The highest BCUT2D eigenvalue weighted by Crippen LogP contribution is 2.33. The van der Waals surface area contributed by atoms with Crippen molar-refractivity contribution in [3.63, 3.8) is 0 Å². The van der Waals surface area contributed by atoms with Gasteiger partial charge in [-0.2, -0.15) is 13.2 Å². The number of ether oxygens (including phenoxy) is 1. The Balaban J connectivity index is 2.95. The third-order valence-corrected chi connectivity index (χ3v) is 2.60. The number of halogens is 3. The van der Waals surface area contributed by atoms with Gasteiger partial charge in [0.1, 0.15) is 6.10 Å². The van der Waals surface area contributed by atoms with Crippen LogP contribution in [0.4, 0.5) is 18.9 Å². The van der Waals surface area contributed by atoms with Crippen molar-refractivity contribution in [3.05, 3.63) is 29.3 Å². The number of alkyl halides is 3. The first-order chi connectivity index (χ1) is 8.79. The van der Waals surface area contributed by atoms with Gasteiger partial charge in [-0.15, -0.1) is 0 Å². The zero-order chi connectivity index (χ0) is 14.6. The number of rotatable bonds is 4. The van der Waals surface area contributed by atoms with Gasteiger partial charge >= 0.3 is 6.18 Å². The van der Waals surface area contributed by atoms with Crippen molar-refractivity contribution in [2.75, 3.05) is 19.0 Å². The molecule has 1 aromatic rings. The molecule has 4 nitrogen and oxygen atoms in total. The minimum Gasteiger partial charge on any atom is -0.370 e. The number of amides is 1. The average molecular weight is 276 g/mol. The highest BCUT2D eigenvalue weighted by molar-refractivity contribution is 5.94. The molecule has 0 heterocycles. The molecule has 0 aliphatic heterocycles. The molecule has 0 aliphatic carbocycles. The highest BCUT2D eigenvalue weighted by Gasteiger charge is 2.32. The van der Waals surface area contributed by atoms with E-state index in [9.17, 15) is 18.0 Å². The maximum absolute atomic E-state index is 12.7. The van der Waals surface area contributed by atoms with Crippen LogP contribution in [0.3, 0.4) is 0 Å². The minimum absolute atomic E-state index is 0.0541. The SMILES string of the molecule is COC(CN)C(=O)Nc1ccc(C)c(C(F)(F)F)c1. The fourth-order valence-corrected chi connectivity index (χ4v) is 1.54. The van der Waals surface area contributed by atoms with Crippen LogP contribution in [-0.2, 0) is 15.7 Å². The number of methoxy groups -OCH3 is 1. The first-order valence-electron chi connectivity index (χ1n) is 5.51. The molecular weight excluding hydrogens is 261 g/mol. The molecule has 0 spiro atoms. The Morgan fingerprint density at radius 1 is 1.47 bits per heavy atom. The van der Waals surface area contributed by atoms with Crippen molar-refractivity contribution in [3.8, 4) is 0 Å². The number of aryl methyl sites for hydroxylation is 1. The van der Waals surface area contributed by atoms with E-state index in [1.165, 1.54) is 26.2 Å². The van der Waals surface area contributed by atoms with Crippen LogP contribution >= 0.6 is 0 Å². The molecule has 1 rings (SSSR count). The number of hydrogen-bond acceptors (Lipinski definition) is 3. The maximum atomic E-state index is 12.7. The molecule has 0 aliphatic rings. The molecule has 1 unspecified atom stereocenters. The number of hydrogen-bond donors (Lipinski definition) is 2. The summed E-state index contributed by atoms with van der Waals surface area (Å²) in [6.45, 7) is 1.30. The maximum Gasteiger partial charge on any atom is 0.416 e. The van der Waals surface area contributed by atoms with E-state index in [1.54, 1.807) is 0 Å². The minimum atomic E-state index is -4.46. The Morgan fingerprint density at radius 2 is 2.11 bits per heavy atom. The van der Waals surface area contributed by atoms with Crippen molar-refractivity contribution in [2.24, 2.45) is 5.73 Å². The standard InChI is InChI=1S/C12H15F3N2O2/c1-7-3-4-8(5-9(7)12(13,14)15)17-11(18)10(6-16)19-2/h3-5,10H,6,16H2,1-2H3,(H,17,18). The molecule has 1 aromatic carbocycles. The summed E-state index contributed by atoms with van der Waals surface area (Å²) in [6, 6.07) is 3.57. The summed E-state index contributed by atoms with van der Waals surface area (Å²) in [4.78, 5) is 11.6. The monoisotopic (exact) mass is 276 g/mol. The van der Waals surface area contributed by atoms with E-state index < -0.39 is 23.8 Å². The summed E-state index contributed by atoms with van der Waals surface area (Å²) in [7, 11) is 1.30. The molecule has 1 amide bonds. The molecule has 19 heavy (non-hydrogen) atoms. The van der Waals surface area contributed by atoms with E-state index in [0.29, 0.717) is 0 Å². The first-order valence-corrected chi connectivity index (χ1v) is 5.51. The van der Waals surface area contributed by atoms with Gasteiger partial charge in [-0.3, -0.25) is 4.79 Å². The van der Waals surface area contributed by atoms with Gasteiger partial charge in [0.05, 0.1) is 5.56 Å². The van der Waals surface area contributed by atoms with Crippen LogP contribution in [0.2, 0.25) is 0 Å². The number of anilines is 1. The predicted octanol–water partition coefficient (Wildman–Crippen LogP) is 1.93. The Kier molecular flexibility index (Phi) is 4.90. The number of nitrogens with two attached hydrogens (primary N) is 1. The van der Waals surface area contributed by atoms with Crippen molar-refractivity contribution in [2.45, 2.75) is 19.2 Å². The molecule has 106 valence electrons. The van der Waals surface area contributed by atoms with E-state index in [-0.39, 0.29) is 17.8 Å². The van der Waals surface area contributed by atoms with Crippen molar-refractivity contribution in [1.82, 2.24) is 0 Å². The highest BCUT2D eigenvalue weighted by atomic mass is 19.4. The first kappa shape index (κ1) is 15.5. The van der Waals surface area contributed by atoms with Crippen molar-refractivity contribution < 1.29 is 22.7 Å². The molecule has 0 radical (unpaired) electrons. The molecule has 0 fully saturated rings. The summed E-state index contributed by atoms with van der Waals surface area (Å²) < 4.78 is 42.9. The quantitative estimate of drug-likeness (QED) is 0.883. The molecule has 0 aromatic heterocycles. The molecule has 3 N–H and O–H groups in total. The summed E-state index contributed by atoms with van der Waals surface area (Å²) in [5.41, 5.74) is 4.65. The van der Waals surface area contributed by atoms with Crippen molar-refractivity contribution in [1.29, 1.82) is 0 Å². The second-order valence-electron chi connectivity index (χ2n) is 3.98. The van der Waals surface area contributed by atoms with Crippen LogP contribution in [0.25, 0.3) is 0 Å². The Morgan fingerprint density at radius 3 is 2.58 bits per heavy atom. The van der Waals surface area contributed by atoms with Gasteiger partial charge in [0.25, 0.3) is 5.91 Å². The predicted molar refractivity (Wildman–Crippen MR) is 64.7 cm³/mol. The van der Waals surface area contributed by atoms with E-state index >= 15 is 0 Å². The third kappa shape index (κ3) is 3.93. The van der Waals surface area contributed by atoms with Crippen LogP contribution in [-0.4, -0.2) is 25.7 Å². The van der Waals surface area contributed by atoms with Gasteiger partial charge in [0.2, 0.25) is 0 Å². The van der Waals surface area contributed by atoms with E-state index in [0.717, 1.165) is 6.07 Å². The zero-order valence-electron chi connectivity index (χ0n) is 10.5. The number of carbonyl (C=O) groups is 1. The molecule has 0 saturated heterocycles. The van der Waals surface area contributed by atoms with Crippen LogP contribution in [0.15, 0.2) is 18.2 Å². The number of carbonyl (C=O) groups excluding carboxylic acids is 1. The normalized spacial score (nSPS) is 13.2. The van der Waals surface area contributed by atoms with Gasteiger partial charge in [-0.25, -0.2) is 0 Å². The smallest absolute Gasteiger partial charge is 0.370 e. The Labute approximate surface area is 108 Å². The van der Waals surface area contributed by atoms with Gasteiger partial charge in [0.15, 0.2) is 0 Å². The fourth-order valence-electron chi connectivity index (χ4n) is 1.54. The number of benzene rings is 1. The van der Waals surface area contributed by atoms with E-state index in [4.69, 9.17) is 10.5 Å². The lowest BCUT2D eigenvalue weighted by atomic mass is 10.1.